The van der Waals surface area contributed by atoms with Crippen molar-refractivity contribution in [2.24, 2.45) is 0 Å². The van der Waals surface area contributed by atoms with E-state index in [1.807, 2.05) is 0 Å². The van der Waals surface area contributed by atoms with Gasteiger partial charge in [0.2, 0.25) is 12.5 Å². The van der Waals surface area contributed by atoms with Crippen LogP contribution in [0, 0.1) is 0 Å². The lowest BCUT2D eigenvalue weighted by Crippen LogP contribution is -2.19. The van der Waals surface area contributed by atoms with Crippen molar-refractivity contribution in [2.75, 3.05) is 44.3 Å². The number of amides is 1. The van der Waals surface area contributed by atoms with E-state index in [4.69, 9.17) is 44.8 Å². The topological polar surface area (TPSA) is 179 Å². The second-order valence-electron chi connectivity index (χ2n) is 10.1. The number of anilines is 2. The van der Waals surface area contributed by atoms with Crippen molar-refractivity contribution in [1.82, 2.24) is 15.0 Å². The minimum Gasteiger partial charge on any atom is -0.497 e. The number of ether oxygens (including phenoxy) is 7. The Bertz CT molecular complexity index is 2110. The van der Waals surface area contributed by atoms with E-state index in [0.717, 1.165) is 0 Å². The molecule has 0 atom stereocenters. The molecule has 0 saturated heterocycles. The summed E-state index contributed by atoms with van der Waals surface area (Å²) in [5, 5.41) is 2.66. The number of carbonyl (C=O) groups is 1. The zero-order chi connectivity index (χ0) is 35.1. The zero-order valence-electron chi connectivity index (χ0n) is 26.4. The van der Waals surface area contributed by atoms with Gasteiger partial charge < -0.3 is 33.2 Å². The highest BCUT2D eigenvalue weighted by Gasteiger charge is 2.27. The third-order valence-electron chi connectivity index (χ3n) is 6.87. The number of fused-ring (bicyclic) bond motifs is 1. The molecule has 1 amide bonds. The first kappa shape index (κ1) is 33.9. The number of hydrogen-bond acceptors (Lipinski definition) is 13. The van der Waals surface area contributed by atoms with Crippen LogP contribution in [0.1, 0.15) is 0 Å². The summed E-state index contributed by atoms with van der Waals surface area (Å²) >= 11 is 6.47. The fourth-order valence-electron chi connectivity index (χ4n) is 4.44. The summed E-state index contributed by atoms with van der Waals surface area (Å²) in [5.41, 5.74) is 0.483. The molecule has 0 radical (unpaired) electrons. The lowest BCUT2D eigenvalue weighted by atomic mass is 10.2. The van der Waals surface area contributed by atoms with Crippen LogP contribution in [-0.2, 0) is 14.8 Å². The molecule has 0 fully saturated rings. The molecule has 50 heavy (non-hydrogen) atoms. The van der Waals surface area contributed by atoms with Crippen LogP contribution < -0.4 is 38.5 Å². The number of aromatic nitrogens is 3. The number of hydrogen-bond donors (Lipinski definition) is 2. The first-order valence-electron chi connectivity index (χ1n) is 14.7. The Hall–Kier alpha value is -6.00. The van der Waals surface area contributed by atoms with E-state index in [0.29, 0.717) is 28.6 Å². The number of nitrogens with zero attached hydrogens (tertiary/aromatic N) is 3. The predicted molar refractivity (Wildman–Crippen MR) is 180 cm³/mol. The van der Waals surface area contributed by atoms with Gasteiger partial charge in [0.1, 0.15) is 36.3 Å². The first-order valence-corrected chi connectivity index (χ1v) is 16.6. The van der Waals surface area contributed by atoms with Gasteiger partial charge in [0, 0.05) is 23.9 Å². The average molecular weight is 722 g/mol. The Morgan fingerprint density at radius 3 is 2.44 bits per heavy atom. The van der Waals surface area contributed by atoms with Gasteiger partial charge in [-0.3, -0.25) is 10.0 Å². The smallest absolute Gasteiger partial charge is 0.412 e. The molecule has 0 saturated carbocycles. The van der Waals surface area contributed by atoms with Gasteiger partial charge in [-0.15, -0.1) is 0 Å². The fraction of sp³-hybridized carbons (Fsp3) is 0.152. The SMILES string of the molecule is COc1ccc(-c2nc(NS(=O)(=O)c3ccc4c(c3)OCO4)c(Oc3cc(OC)ccc3Cl)c(OCCOC(=O)Nc3ccccn3)n2)cc1. The van der Waals surface area contributed by atoms with Crippen molar-refractivity contribution in [3.05, 3.63) is 90.1 Å². The van der Waals surface area contributed by atoms with E-state index in [-0.39, 0.29) is 64.7 Å². The van der Waals surface area contributed by atoms with Crippen molar-refractivity contribution in [3.63, 3.8) is 0 Å². The maximum atomic E-state index is 13.8. The number of methoxy groups -OCH3 is 2. The van der Waals surface area contributed by atoms with Crippen LogP contribution in [0.25, 0.3) is 11.4 Å². The molecule has 3 aromatic carbocycles. The molecule has 0 spiro atoms. The van der Waals surface area contributed by atoms with Crippen LogP contribution in [0.15, 0.2) is 90.0 Å². The van der Waals surface area contributed by atoms with Gasteiger partial charge in [0.05, 0.1) is 24.1 Å². The lowest BCUT2D eigenvalue weighted by molar-refractivity contribution is 0.135. The zero-order valence-corrected chi connectivity index (χ0v) is 28.0. The monoisotopic (exact) mass is 721 g/mol. The van der Waals surface area contributed by atoms with Crippen molar-refractivity contribution >= 4 is 39.4 Å². The van der Waals surface area contributed by atoms with Gasteiger partial charge in [-0.05, 0) is 60.7 Å². The van der Waals surface area contributed by atoms with Crippen molar-refractivity contribution < 1.29 is 46.4 Å². The summed E-state index contributed by atoms with van der Waals surface area (Å²) in [6.07, 6.45) is 0.744. The summed E-state index contributed by atoms with van der Waals surface area (Å²) in [7, 11) is -1.35. The van der Waals surface area contributed by atoms with E-state index in [2.05, 4.69) is 25.0 Å². The minimum absolute atomic E-state index is 0.0438. The Morgan fingerprint density at radius 2 is 1.68 bits per heavy atom. The van der Waals surface area contributed by atoms with Gasteiger partial charge in [-0.25, -0.2) is 23.2 Å². The molecule has 15 nitrogen and oxygen atoms in total. The number of nitrogens with one attached hydrogen (secondary N) is 2. The number of sulfonamides is 1. The van der Waals surface area contributed by atoms with E-state index >= 15 is 0 Å². The summed E-state index contributed by atoms with van der Waals surface area (Å²) < 4.78 is 68.8. The Kier molecular flexibility index (Phi) is 10.2. The van der Waals surface area contributed by atoms with E-state index in [1.54, 1.807) is 48.5 Å². The van der Waals surface area contributed by atoms with Crippen molar-refractivity contribution in [3.8, 4) is 51.8 Å². The Morgan fingerprint density at radius 1 is 0.900 bits per heavy atom. The second-order valence-corrected chi connectivity index (χ2v) is 12.2. The average Bonchev–Trinajstić information content (AvgIpc) is 3.61. The number of pyridine rings is 1. The van der Waals surface area contributed by atoms with Gasteiger partial charge in [0.15, 0.2) is 23.1 Å². The summed E-state index contributed by atoms with van der Waals surface area (Å²) in [4.78, 5) is 25.3. The molecule has 2 aromatic heterocycles. The highest BCUT2D eigenvalue weighted by molar-refractivity contribution is 7.92. The van der Waals surface area contributed by atoms with E-state index < -0.39 is 16.1 Å². The highest BCUT2D eigenvalue weighted by Crippen LogP contribution is 2.42. The quantitative estimate of drug-likeness (QED) is 0.132. The van der Waals surface area contributed by atoms with Crippen molar-refractivity contribution in [1.29, 1.82) is 0 Å². The van der Waals surface area contributed by atoms with Crippen LogP contribution in [0.4, 0.5) is 16.4 Å². The number of carbonyl (C=O) groups excluding carboxylic acids is 1. The molecule has 0 unspecified atom stereocenters. The van der Waals surface area contributed by atoms with Crippen LogP contribution in [0.3, 0.4) is 0 Å². The minimum atomic E-state index is -4.34. The predicted octanol–water partition coefficient (Wildman–Crippen LogP) is 6.16. The molecule has 0 aliphatic carbocycles. The fourth-order valence-corrected chi connectivity index (χ4v) is 5.61. The molecule has 1 aliphatic heterocycles. The van der Waals surface area contributed by atoms with E-state index in [1.165, 1.54) is 50.7 Å². The molecular weight excluding hydrogens is 694 g/mol. The molecule has 17 heteroatoms. The third kappa shape index (κ3) is 7.99. The van der Waals surface area contributed by atoms with Gasteiger partial charge >= 0.3 is 6.09 Å². The second kappa shape index (κ2) is 15.0. The molecule has 3 heterocycles. The molecule has 5 aromatic rings. The summed E-state index contributed by atoms with van der Waals surface area (Å²) in [6, 6.07) is 20.5. The molecular formula is C33H28ClN5O10S. The van der Waals surface area contributed by atoms with Gasteiger partial charge in [-0.1, -0.05) is 17.7 Å². The molecule has 258 valence electrons. The van der Waals surface area contributed by atoms with E-state index in [9.17, 15) is 13.2 Å². The van der Waals surface area contributed by atoms with Crippen LogP contribution in [0.5, 0.6) is 40.4 Å². The molecule has 2 N–H and O–H groups in total. The Labute approximate surface area is 291 Å². The number of rotatable bonds is 13. The summed E-state index contributed by atoms with van der Waals surface area (Å²) in [5.74, 6) is 1.30. The van der Waals surface area contributed by atoms with Gasteiger partial charge in [-0.2, -0.15) is 4.98 Å². The first-order chi connectivity index (χ1) is 24.2. The third-order valence-corrected chi connectivity index (χ3v) is 8.52. The maximum absolute atomic E-state index is 13.8. The lowest BCUT2D eigenvalue weighted by Gasteiger charge is -2.18. The molecule has 0 bridgehead atoms. The van der Waals surface area contributed by atoms with Crippen molar-refractivity contribution in [2.45, 2.75) is 4.90 Å². The van der Waals surface area contributed by atoms with Crippen LogP contribution in [0.2, 0.25) is 5.02 Å². The van der Waals surface area contributed by atoms with Gasteiger partial charge in [0.25, 0.3) is 15.9 Å². The summed E-state index contributed by atoms with van der Waals surface area (Å²) in [6.45, 7) is -0.513. The molecule has 6 rings (SSSR count). The normalized spacial score (nSPS) is 11.7. The highest BCUT2D eigenvalue weighted by atomic mass is 35.5. The largest absolute Gasteiger partial charge is 0.497 e. The number of benzene rings is 3. The van der Waals surface area contributed by atoms with Crippen LogP contribution >= 0.6 is 11.6 Å². The standard InChI is InChI=1S/C33H28ClN5O10S/c1-43-21-8-6-20(7-9-21)30-37-31(39-50(41,42)23-11-13-25-27(18-23)48-19-47-25)29(49-26-17-22(44-2)10-12-24(26)34)32(38-30)45-15-16-46-33(40)36-28-5-3-4-14-35-28/h3-14,17-18H,15-16,19H2,1-2H3,(H,35,36,40)(H,37,38,39). The van der Waals surface area contributed by atoms with Crippen LogP contribution in [-0.4, -0.2) is 63.7 Å². The number of halogens is 1. The Balaban J connectivity index is 1.38. The molecule has 1 aliphatic rings. The maximum Gasteiger partial charge on any atom is 0.412 e.